The lowest BCUT2D eigenvalue weighted by atomic mass is 10.2. The summed E-state index contributed by atoms with van der Waals surface area (Å²) in [6.07, 6.45) is 2.66. The molecule has 0 aliphatic heterocycles. The predicted octanol–water partition coefficient (Wildman–Crippen LogP) is 3.17. The van der Waals surface area contributed by atoms with E-state index in [9.17, 15) is 0 Å². The van der Waals surface area contributed by atoms with Gasteiger partial charge in [0.1, 0.15) is 5.82 Å². The monoisotopic (exact) mass is 315 g/mol. The molecule has 0 amide bonds. The van der Waals surface area contributed by atoms with E-state index in [2.05, 4.69) is 25.4 Å². The summed E-state index contributed by atoms with van der Waals surface area (Å²) in [5.74, 6) is 1.85. The Morgan fingerprint density at radius 1 is 1.23 bits per heavy atom. The predicted molar refractivity (Wildman–Crippen MR) is 86.0 cm³/mol. The second-order valence-corrected chi connectivity index (χ2v) is 6.25. The summed E-state index contributed by atoms with van der Waals surface area (Å²) in [5, 5.41) is 8.28. The van der Waals surface area contributed by atoms with E-state index in [1.54, 1.807) is 24.5 Å². The third-order valence-corrected chi connectivity index (χ3v) is 4.34. The molecule has 1 N–H and O–H groups in total. The van der Waals surface area contributed by atoms with Gasteiger partial charge in [0.05, 0.1) is 16.3 Å². The first-order chi connectivity index (χ1) is 10.6. The topological polar surface area (TPSA) is 76.7 Å². The van der Waals surface area contributed by atoms with Crippen LogP contribution in [0.1, 0.15) is 21.4 Å². The summed E-state index contributed by atoms with van der Waals surface area (Å²) in [6.45, 7) is 6.65. The molecular weight excluding hydrogens is 298 g/mol. The van der Waals surface area contributed by atoms with Gasteiger partial charge in [0.2, 0.25) is 0 Å². The van der Waals surface area contributed by atoms with Gasteiger partial charge in [-0.1, -0.05) is 5.16 Å². The number of aromatic nitrogens is 4. The first-order valence-corrected chi connectivity index (χ1v) is 7.87. The maximum atomic E-state index is 5.23. The highest BCUT2D eigenvalue weighted by molar-refractivity contribution is 7.11. The Labute approximate surface area is 132 Å². The summed E-state index contributed by atoms with van der Waals surface area (Å²) in [6, 6.07) is 3.78. The van der Waals surface area contributed by atoms with E-state index >= 15 is 0 Å². The molecule has 0 atom stereocenters. The number of hydrogen-bond donors (Lipinski definition) is 1. The fraction of sp³-hybridized carbons (Fsp3) is 0.333. The minimum Gasteiger partial charge on any atom is -0.369 e. The third-order valence-electron chi connectivity index (χ3n) is 3.21. The molecule has 0 fully saturated rings. The van der Waals surface area contributed by atoms with Crippen molar-refractivity contribution < 1.29 is 4.52 Å². The molecule has 0 aliphatic carbocycles. The Morgan fingerprint density at radius 2 is 2.09 bits per heavy atom. The van der Waals surface area contributed by atoms with Gasteiger partial charge in [-0.15, -0.1) is 11.3 Å². The molecule has 3 aromatic rings. The molecule has 0 aromatic carbocycles. The number of thiazole rings is 1. The smallest absolute Gasteiger partial charge is 0.261 e. The number of rotatable bonds is 5. The van der Waals surface area contributed by atoms with Gasteiger partial charge < -0.3 is 9.84 Å². The van der Waals surface area contributed by atoms with Gasteiger partial charge in [0, 0.05) is 24.0 Å². The minimum atomic E-state index is 0.484. The maximum absolute atomic E-state index is 5.23. The normalized spacial score (nSPS) is 10.9. The Morgan fingerprint density at radius 3 is 2.77 bits per heavy atom. The van der Waals surface area contributed by atoms with Crippen LogP contribution in [-0.4, -0.2) is 26.7 Å². The highest BCUT2D eigenvalue weighted by Gasteiger charge is 2.12. The van der Waals surface area contributed by atoms with Crippen LogP contribution < -0.4 is 5.32 Å². The molecule has 0 radical (unpaired) electrons. The SMILES string of the molecule is Cc1noc(-c2cccnc2NCCc2sc(C)nc2C)n1. The zero-order valence-electron chi connectivity index (χ0n) is 12.8. The molecule has 0 aliphatic rings. The van der Waals surface area contributed by atoms with E-state index in [0.717, 1.165) is 35.0 Å². The van der Waals surface area contributed by atoms with Crippen molar-refractivity contribution in [3.05, 3.63) is 39.7 Å². The van der Waals surface area contributed by atoms with E-state index in [-0.39, 0.29) is 0 Å². The highest BCUT2D eigenvalue weighted by atomic mass is 32.1. The summed E-state index contributed by atoms with van der Waals surface area (Å²) in [5.41, 5.74) is 1.93. The van der Waals surface area contributed by atoms with Crippen molar-refractivity contribution in [3.8, 4) is 11.5 Å². The van der Waals surface area contributed by atoms with Crippen LogP contribution in [0, 0.1) is 20.8 Å². The van der Waals surface area contributed by atoms with Crippen molar-refractivity contribution in [1.82, 2.24) is 20.1 Å². The average molecular weight is 315 g/mol. The number of nitrogens with zero attached hydrogens (tertiary/aromatic N) is 4. The first-order valence-electron chi connectivity index (χ1n) is 7.06. The quantitative estimate of drug-likeness (QED) is 0.779. The van der Waals surface area contributed by atoms with Gasteiger partial charge in [0.15, 0.2) is 5.82 Å². The number of nitrogens with one attached hydrogen (secondary N) is 1. The standard InChI is InChI=1S/C15H17N5OS/c1-9-13(22-11(3)18-9)6-8-17-14-12(5-4-7-16-14)15-19-10(2)20-21-15/h4-5,7H,6,8H2,1-3H3,(H,16,17). The zero-order valence-corrected chi connectivity index (χ0v) is 13.6. The first kappa shape index (κ1) is 14.6. The molecule has 0 saturated carbocycles. The zero-order chi connectivity index (χ0) is 15.5. The molecule has 3 rings (SSSR count). The van der Waals surface area contributed by atoms with Crippen LogP contribution in [0.2, 0.25) is 0 Å². The molecule has 0 saturated heterocycles. The van der Waals surface area contributed by atoms with Crippen molar-refractivity contribution in [1.29, 1.82) is 0 Å². The molecule has 0 unspecified atom stereocenters. The molecular formula is C15H17N5OS. The molecule has 7 heteroatoms. The number of pyridine rings is 1. The average Bonchev–Trinajstić information content (AvgIpc) is 3.05. The number of aryl methyl sites for hydroxylation is 3. The highest BCUT2D eigenvalue weighted by Crippen LogP contribution is 2.24. The lowest BCUT2D eigenvalue weighted by Crippen LogP contribution is -2.07. The van der Waals surface area contributed by atoms with Crippen molar-refractivity contribution >= 4 is 17.2 Å². The maximum Gasteiger partial charge on any atom is 0.261 e. The van der Waals surface area contributed by atoms with E-state index in [1.165, 1.54) is 4.88 Å². The Bertz CT molecular complexity index is 780. The van der Waals surface area contributed by atoms with Gasteiger partial charge >= 0.3 is 0 Å². The second-order valence-electron chi connectivity index (χ2n) is 4.96. The molecule has 0 bridgehead atoms. The van der Waals surface area contributed by atoms with Crippen LogP contribution in [-0.2, 0) is 6.42 Å². The summed E-state index contributed by atoms with van der Waals surface area (Å²) in [4.78, 5) is 14.4. The van der Waals surface area contributed by atoms with Gasteiger partial charge in [-0.05, 0) is 32.9 Å². The fourth-order valence-corrected chi connectivity index (χ4v) is 3.16. The van der Waals surface area contributed by atoms with E-state index in [0.29, 0.717) is 11.7 Å². The molecule has 6 nitrogen and oxygen atoms in total. The summed E-state index contributed by atoms with van der Waals surface area (Å²) >= 11 is 1.74. The molecule has 3 aromatic heterocycles. The lowest BCUT2D eigenvalue weighted by Gasteiger charge is -2.07. The number of anilines is 1. The Kier molecular flexibility index (Phi) is 4.15. The van der Waals surface area contributed by atoms with Crippen LogP contribution in [0.15, 0.2) is 22.9 Å². The third kappa shape index (κ3) is 3.14. The summed E-state index contributed by atoms with van der Waals surface area (Å²) in [7, 11) is 0. The van der Waals surface area contributed by atoms with Crippen molar-refractivity contribution in [2.75, 3.05) is 11.9 Å². The van der Waals surface area contributed by atoms with Crippen LogP contribution in [0.3, 0.4) is 0 Å². The van der Waals surface area contributed by atoms with Crippen LogP contribution in [0.4, 0.5) is 5.82 Å². The van der Waals surface area contributed by atoms with Crippen LogP contribution in [0.5, 0.6) is 0 Å². The number of hydrogen-bond acceptors (Lipinski definition) is 7. The van der Waals surface area contributed by atoms with E-state index in [4.69, 9.17) is 4.52 Å². The second kappa shape index (κ2) is 6.23. The van der Waals surface area contributed by atoms with Gasteiger partial charge in [-0.2, -0.15) is 4.98 Å². The lowest BCUT2D eigenvalue weighted by molar-refractivity contribution is 0.425. The van der Waals surface area contributed by atoms with Gasteiger partial charge in [0.25, 0.3) is 5.89 Å². The molecule has 22 heavy (non-hydrogen) atoms. The van der Waals surface area contributed by atoms with E-state index < -0.39 is 0 Å². The van der Waals surface area contributed by atoms with Crippen molar-refractivity contribution in [2.45, 2.75) is 27.2 Å². The Balaban J connectivity index is 1.72. The van der Waals surface area contributed by atoms with Crippen molar-refractivity contribution in [2.24, 2.45) is 0 Å². The molecule has 0 spiro atoms. The van der Waals surface area contributed by atoms with Crippen molar-refractivity contribution in [3.63, 3.8) is 0 Å². The largest absolute Gasteiger partial charge is 0.369 e. The van der Waals surface area contributed by atoms with Crippen LogP contribution >= 0.6 is 11.3 Å². The Hall–Kier alpha value is -2.28. The van der Waals surface area contributed by atoms with Gasteiger partial charge in [-0.3, -0.25) is 0 Å². The fourth-order valence-electron chi connectivity index (χ4n) is 2.23. The minimum absolute atomic E-state index is 0.484. The van der Waals surface area contributed by atoms with Gasteiger partial charge in [-0.25, -0.2) is 9.97 Å². The molecule has 114 valence electrons. The summed E-state index contributed by atoms with van der Waals surface area (Å²) < 4.78 is 5.23. The van der Waals surface area contributed by atoms with E-state index in [1.807, 2.05) is 26.0 Å². The molecule has 3 heterocycles. The van der Waals surface area contributed by atoms with Crippen LogP contribution in [0.25, 0.3) is 11.5 Å².